The van der Waals surface area contributed by atoms with Gasteiger partial charge in [-0.05, 0) is 30.5 Å². The van der Waals surface area contributed by atoms with E-state index in [1.165, 1.54) is 31.2 Å². The number of hydrogen-bond donors (Lipinski definition) is 2. The van der Waals surface area contributed by atoms with Gasteiger partial charge in [-0.2, -0.15) is 0 Å². The molecule has 0 unspecified atom stereocenters. The van der Waals surface area contributed by atoms with Crippen molar-refractivity contribution in [3.8, 4) is 0 Å². The van der Waals surface area contributed by atoms with Crippen molar-refractivity contribution in [1.82, 2.24) is 4.98 Å². The molecule has 3 heteroatoms. The van der Waals surface area contributed by atoms with Crippen molar-refractivity contribution in [2.45, 2.75) is 37.7 Å². The molecule has 1 aromatic rings. The van der Waals surface area contributed by atoms with Crippen LogP contribution in [0.15, 0.2) is 18.3 Å². The molecule has 2 rings (SSSR count). The van der Waals surface area contributed by atoms with Crippen molar-refractivity contribution < 1.29 is 5.11 Å². The highest BCUT2D eigenvalue weighted by Gasteiger charge is 2.34. The molecule has 1 aliphatic rings. The first-order valence-corrected chi connectivity index (χ1v) is 5.57. The first-order valence-electron chi connectivity index (χ1n) is 5.57. The van der Waals surface area contributed by atoms with Crippen LogP contribution in [0.5, 0.6) is 0 Å². The molecule has 0 atom stereocenters. The third-order valence-corrected chi connectivity index (χ3v) is 3.54. The normalized spacial score (nSPS) is 19.3. The van der Waals surface area contributed by atoms with Crippen LogP contribution in [-0.4, -0.2) is 16.6 Å². The topological polar surface area (TPSA) is 59.1 Å². The summed E-state index contributed by atoms with van der Waals surface area (Å²) >= 11 is 0. The largest absolute Gasteiger partial charge is 0.390 e. The third kappa shape index (κ3) is 1.90. The highest BCUT2D eigenvalue weighted by Crippen LogP contribution is 2.40. The van der Waals surface area contributed by atoms with Crippen LogP contribution in [0.25, 0.3) is 0 Å². The fourth-order valence-electron chi connectivity index (χ4n) is 2.56. The second-order valence-electron chi connectivity index (χ2n) is 4.39. The van der Waals surface area contributed by atoms with E-state index in [1.54, 1.807) is 6.20 Å². The Labute approximate surface area is 90.3 Å². The molecule has 0 saturated heterocycles. The second kappa shape index (κ2) is 4.29. The van der Waals surface area contributed by atoms with Gasteiger partial charge in [-0.15, -0.1) is 0 Å². The Morgan fingerprint density at radius 2 is 2.13 bits per heavy atom. The van der Waals surface area contributed by atoms with Crippen LogP contribution in [0.2, 0.25) is 0 Å². The molecule has 82 valence electrons. The van der Waals surface area contributed by atoms with Crippen LogP contribution < -0.4 is 5.73 Å². The van der Waals surface area contributed by atoms with Crippen molar-refractivity contribution in [3.05, 3.63) is 29.6 Å². The number of hydrogen-bond acceptors (Lipinski definition) is 3. The summed E-state index contributed by atoms with van der Waals surface area (Å²) in [6.45, 7) is 0.705. The van der Waals surface area contributed by atoms with Crippen molar-refractivity contribution in [3.63, 3.8) is 0 Å². The Morgan fingerprint density at radius 3 is 2.73 bits per heavy atom. The van der Waals surface area contributed by atoms with Crippen molar-refractivity contribution in [2.75, 3.05) is 6.54 Å². The average molecular weight is 206 g/mol. The zero-order valence-electron chi connectivity index (χ0n) is 8.95. The van der Waals surface area contributed by atoms with E-state index in [9.17, 15) is 0 Å². The average Bonchev–Trinajstić information content (AvgIpc) is 2.79. The van der Waals surface area contributed by atoms with Gasteiger partial charge in [0.15, 0.2) is 0 Å². The SMILES string of the molecule is NCC1(c2ccnc(CO)c2)CCCC1. The third-order valence-electron chi connectivity index (χ3n) is 3.54. The van der Waals surface area contributed by atoms with E-state index in [-0.39, 0.29) is 12.0 Å². The summed E-state index contributed by atoms with van der Waals surface area (Å²) in [6.07, 6.45) is 6.62. The van der Waals surface area contributed by atoms with E-state index in [2.05, 4.69) is 4.98 Å². The molecule has 1 aromatic heterocycles. The molecule has 1 heterocycles. The minimum absolute atomic E-state index is 0.00842. The molecule has 0 amide bonds. The number of aliphatic hydroxyl groups excluding tert-OH is 1. The first kappa shape index (κ1) is 10.6. The van der Waals surface area contributed by atoms with Gasteiger partial charge < -0.3 is 10.8 Å². The smallest absolute Gasteiger partial charge is 0.0853 e. The van der Waals surface area contributed by atoms with Gasteiger partial charge in [-0.1, -0.05) is 12.8 Å². The summed E-state index contributed by atoms with van der Waals surface area (Å²) in [5, 5.41) is 9.07. The van der Waals surface area contributed by atoms with Gasteiger partial charge in [0.25, 0.3) is 0 Å². The summed E-state index contributed by atoms with van der Waals surface area (Å²) in [5.74, 6) is 0. The van der Waals surface area contributed by atoms with Gasteiger partial charge in [0, 0.05) is 18.2 Å². The Balaban J connectivity index is 2.33. The molecule has 0 aromatic carbocycles. The Hall–Kier alpha value is -0.930. The summed E-state index contributed by atoms with van der Waals surface area (Å²) in [4.78, 5) is 4.10. The van der Waals surface area contributed by atoms with Gasteiger partial charge in [0.2, 0.25) is 0 Å². The van der Waals surface area contributed by atoms with Crippen molar-refractivity contribution >= 4 is 0 Å². The lowest BCUT2D eigenvalue weighted by Gasteiger charge is -2.27. The van der Waals surface area contributed by atoms with Crippen LogP contribution in [0.3, 0.4) is 0 Å². The van der Waals surface area contributed by atoms with E-state index in [4.69, 9.17) is 10.8 Å². The number of aliphatic hydroxyl groups is 1. The first-order chi connectivity index (χ1) is 7.30. The summed E-state index contributed by atoms with van der Waals surface area (Å²) < 4.78 is 0. The fourth-order valence-corrected chi connectivity index (χ4v) is 2.56. The minimum atomic E-state index is 0.00842. The van der Waals surface area contributed by atoms with E-state index < -0.39 is 0 Å². The quantitative estimate of drug-likeness (QED) is 0.784. The molecule has 3 N–H and O–H groups in total. The number of aromatic nitrogens is 1. The molecular weight excluding hydrogens is 188 g/mol. The van der Waals surface area contributed by atoms with Crippen LogP contribution in [0.1, 0.15) is 36.9 Å². The predicted octanol–water partition coefficient (Wildman–Crippen LogP) is 1.34. The molecule has 0 spiro atoms. The predicted molar refractivity (Wildman–Crippen MR) is 59.4 cm³/mol. The van der Waals surface area contributed by atoms with Gasteiger partial charge in [-0.25, -0.2) is 0 Å². The maximum Gasteiger partial charge on any atom is 0.0853 e. The number of nitrogens with two attached hydrogens (primary N) is 1. The number of pyridine rings is 1. The summed E-state index contributed by atoms with van der Waals surface area (Å²) in [6, 6.07) is 4.04. The lowest BCUT2D eigenvalue weighted by Crippen LogP contribution is -2.32. The maximum absolute atomic E-state index is 9.07. The zero-order chi connectivity index (χ0) is 10.7. The van der Waals surface area contributed by atoms with Crippen LogP contribution in [0, 0.1) is 0 Å². The highest BCUT2D eigenvalue weighted by molar-refractivity contribution is 5.27. The highest BCUT2D eigenvalue weighted by atomic mass is 16.3. The molecule has 0 bridgehead atoms. The molecule has 1 fully saturated rings. The monoisotopic (exact) mass is 206 g/mol. The number of nitrogens with zero attached hydrogens (tertiary/aromatic N) is 1. The summed E-state index contributed by atoms with van der Waals surface area (Å²) in [7, 11) is 0. The second-order valence-corrected chi connectivity index (χ2v) is 4.39. The van der Waals surface area contributed by atoms with E-state index in [0.29, 0.717) is 6.54 Å². The molecule has 1 saturated carbocycles. The van der Waals surface area contributed by atoms with Gasteiger partial charge in [0.05, 0.1) is 12.3 Å². The lowest BCUT2D eigenvalue weighted by atomic mass is 9.79. The number of rotatable bonds is 3. The van der Waals surface area contributed by atoms with Crippen molar-refractivity contribution in [2.24, 2.45) is 5.73 Å². The molecule has 3 nitrogen and oxygen atoms in total. The molecular formula is C12H18N2O. The Bertz CT molecular complexity index is 332. The lowest BCUT2D eigenvalue weighted by molar-refractivity contribution is 0.276. The van der Waals surface area contributed by atoms with Gasteiger partial charge in [-0.3, -0.25) is 4.98 Å². The van der Waals surface area contributed by atoms with E-state index in [0.717, 1.165) is 5.69 Å². The van der Waals surface area contributed by atoms with Crippen LogP contribution >= 0.6 is 0 Å². The molecule has 15 heavy (non-hydrogen) atoms. The summed E-state index contributed by atoms with van der Waals surface area (Å²) in [5.41, 5.74) is 8.05. The molecule has 0 aliphatic heterocycles. The molecule has 0 radical (unpaired) electrons. The zero-order valence-corrected chi connectivity index (χ0v) is 8.95. The molecule has 1 aliphatic carbocycles. The van der Waals surface area contributed by atoms with Crippen LogP contribution in [0.4, 0.5) is 0 Å². The maximum atomic E-state index is 9.07. The van der Waals surface area contributed by atoms with Gasteiger partial charge in [0.1, 0.15) is 0 Å². The fraction of sp³-hybridized carbons (Fsp3) is 0.583. The van der Waals surface area contributed by atoms with Crippen molar-refractivity contribution in [1.29, 1.82) is 0 Å². The van der Waals surface area contributed by atoms with Gasteiger partial charge >= 0.3 is 0 Å². The van der Waals surface area contributed by atoms with Crippen LogP contribution in [-0.2, 0) is 12.0 Å². The van der Waals surface area contributed by atoms with E-state index in [1.807, 2.05) is 12.1 Å². The minimum Gasteiger partial charge on any atom is -0.390 e. The standard InChI is InChI=1S/C12H18N2O/c13-9-12(4-1-2-5-12)10-3-6-14-11(7-10)8-15/h3,6-7,15H,1-2,4-5,8-9,13H2. The Kier molecular flexibility index (Phi) is 3.03. The Morgan fingerprint density at radius 1 is 1.40 bits per heavy atom. The van der Waals surface area contributed by atoms with E-state index >= 15 is 0 Å².